The molecule has 0 amide bonds. The first-order valence-electron chi connectivity index (χ1n) is 7.77. The number of nitrogens with one attached hydrogen (secondary N) is 1. The molecule has 1 aromatic carbocycles. The molecule has 106 valence electrons. The third kappa shape index (κ3) is 4.61. The number of hydrogen-bond donors (Lipinski definition) is 1. The molecule has 1 N–H and O–H groups in total. The third-order valence-electron chi connectivity index (χ3n) is 4.26. The molecule has 19 heavy (non-hydrogen) atoms. The minimum absolute atomic E-state index is 0.114. The lowest BCUT2D eigenvalue weighted by atomic mass is 9.92. The number of aryl methyl sites for hydroxylation is 1. The molecule has 0 radical (unpaired) electrons. The standard InChI is InChI=1S/C17H26FN/c1-2-12-19-17(15-7-3-4-8-15)11-10-14-6-5-9-16(18)13-14/h5-6,9,13,15,17,19H,2-4,7-8,10-12H2,1H3. The molecule has 0 bridgehead atoms. The van der Waals surface area contributed by atoms with Gasteiger partial charge >= 0.3 is 0 Å². The summed E-state index contributed by atoms with van der Waals surface area (Å²) in [5.74, 6) is 0.719. The van der Waals surface area contributed by atoms with Gasteiger partial charge in [-0.15, -0.1) is 0 Å². The Kier molecular flexibility index (Phi) is 5.84. The highest BCUT2D eigenvalue weighted by molar-refractivity contribution is 5.16. The van der Waals surface area contributed by atoms with Crippen LogP contribution in [-0.4, -0.2) is 12.6 Å². The minimum atomic E-state index is -0.114. The van der Waals surface area contributed by atoms with Gasteiger partial charge in [-0.1, -0.05) is 31.9 Å². The fourth-order valence-electron chi connectivity index (χ4n) is 3.21. The molecule has 2 rings (SSSR count). The maximum absolute atomic E-state index is 13.2. The summed E-state index contributed by atoms with van der Waals surface area (Å²) in [4.78, 5) is 0. The SMILES string of the molecule is CCCNC(CCc1cccc(F)c1)C1CCCC1. The van der Waals surface area contributed by atoms with Crippen LogP contribution in [0.25, 0.3) is 0 Å². The Morgan fingerprint density at radius 3 is 2.79 bits per heavy atom. The second-order valence-corrected chi connectivity index (χ2v) is 5.77. The molecule has 1 saturated carbocycles. The van der Waals surface area contributed by atoms with E-state index in [0.29, 0.717) is 6.04 Å². The molecule has 1 unspecified atom stereocenters. The molecular formula is C17H26FN. The van der Waals surface area contributed by atoms with Crippen molar-refractivity contribution in [2.75, 3.05) is 6.54 Å². The van der Waals surface area contributed by atoms with Crippen LogP contribution in [0.2, 0.25) is 0 Å². The molecule has 1 atom stereocenters. The monoisotopic (exact) mass is 263 g/mol. The lowest BCUT2D eigenvalue weighted by molar-refractivity contribution is 0.340. The van der Waals surface area contributed by atoms with E-state index in [2.05, 4.69) is 12.2 Å². The summed E-state index contributed by atoms with van der Waals surface area (Å²) in [5.41, 5.74) is 1.13. The van der Waals surface area contributed by atoms with E-state index in [4.69, 9.17) is 0 Å². The first kappa shape index (κ1) is 14.5. The zero-order valence-electron chi connectivity index (χ0n) is 12.0. The predicted octanol–water partition coefficient (Wildman–Crippen LogP) is 4.32. The van der Waals surface area contributed by atoms with Crippen molar-refractivity contribution < 1.29 is 4.39 Å². The number of benzene rings is 1. The summed E-state index contributed by atoms with van der Waals surface area (Å²) in [5, 5.41) is 3.70. The van der Waals surface area contributed by atoms with Gasteiger partial charge in [0.05, 0.1) is 0 Å². The maximum atomic E-state index is 13.2. The third-order valence-corrected chi connectivity index (χ3v) is 4.26. The summed E-state index contributed by atoms with van der Waals surface area (Å²) in [6, 6.07) is 7.66. The fraction of sp³-hybridized carbons (Fsp3) is 0.647. The van der Waals surface area contributed by atoms with E-state index in [0.717, 1.165) is 30.9 Å². The van der Waals surface area contributed by atoms with E-state index >= 15 is 0 Å². The summed E-state index contributed by atoms with van der Waals surface area (Å²) in [6.45, 7) is 3.32. The Morgan fingerprint density at radius 2 is 2.11 bits per heavy atom. The second kappa shape index (κ2) is 7.64. The molecule has 2 heteroatoms. The molecule has 1 aliphatic carbocycles. The Hall–Kier alpha value is -0.890. The van der Waals surface area contributed by atoms with Crippen molar-refractivity contribution in [2.45, 2.75) is 57.9 Å². The van der Waals surface area contributed by atoms with Crippen molar-refractivity contribution in [3.63, 3.8) is 0 Å². The van der Waals surface area contributed by atoms with Crippen LogP contribution in [0.3, 0.4) is 0 Å². The van der Waals surface area contributed by atoms with Crippen LogP contribution >= 0.6 is 0 Å². The second-order valence-electron chi connectivity index (χ2n) is 5.77. The Morgan fingerprint density at radius 1 is 1.32 bits per heavy atom. The summed E-state index contributed by atoms with van der Waals surface area (Å²) in [7, 11) is 0. The van der Waals surface area contributed by atoms with Crippen molar-refractivity contribution in [3.05, 3.63) is 35.6 Å². The molecule has 0 aliphatic heterocycles. The number of halogens is 1. The number of hydrogen-bond acceptors (Lipinski definition) is 1. The average Bonchev–Trinajstić information content (AvgIpc) is 2.93. The van der Waals surface area contributed by atoms with Crippen molar-refractivity contribution in [1.29, 1.82) is 0 Å². The van der Waals surface area contributed by atoms with Gasteiger partial charge < -0.3 is 5.32 Å². The Bertz CT molecular complexity index is 371. The molecule has 1 fully saturated rings. The van der Waals surface area contributed by atoms with Gasteiger partial charge in [-0.2, -0.15) is 0 Å². The van der Waals surface area contributed by atoms with E-state index in [1.54, 1.807) is 6.07 Å². The lowest BCUT2D eigenvalue weighted by Gasteiger charge is -2.24. The van der Waals surface area contributed by atoms with Crippen LogP contribution in [0, 0.1) is 11.7 Å². The molecule has 0 heterocycles. The van der Waals surface area contributed by atoms with Gasteiger partial charge in [0.25, 0.3) is 0 Å². The highest BCUT2D eigenvalue weighted by Gasteiger charge is 2.24. The van der Waals surface area contributed by atoms with Crippen molar-refractivity contribution >= 4 is 0 Å². The zero-order chi connectivity index (χ0) is 13.5. The van der Waals surface area contributed by atoms with Crippen LogP contribution in [0.1, 0.15) is 51.0 Å². The van der Waals surface area contributed by atoms with Gasteiger partial charge in [-0.3, -0.25) is 0 Å². The highest BCUT2D eigenvalue weighted by Crippen LogP contribution is 2.29. The Balaban J connectivity index is 1.88. The van der Waals surface area contributed by atoms with E-state index in [9.17, 15) is 4.39 Å². The van der Waals surface area contributed by atoms with E-state index < -0.39 is 0 Å². The number of rotatable bonds is 7. The van der Waals surface area contributed by atoms with Gasteiger partial charge in [-0.05, 0) is 62.3 Å². The van der Waals surface area contributed by atoms with E-state index in [-0.39, 0.29) is 5.82 Å². The molecule has 0 aromatic heterocycles. The molecule has 1 aromatic rings. The summed E-state index contributed by atoms with van der Waals surface area (Å²) in [6.07, 6.45) is 8.80. The minimum Gasteiger partial charge on any atom is -0.314 e. The fourth-order valence-corrected chi connectivity index (χ4v) is 3.21. The van der Waals surface area contributed by atoms with Crippen molar-refractivity contribution in [3.8, 4) is 0 Å². The average molecular weight is 263 g/mol. The predicted molar refractivity (Wildman–Crippen MR) is 78.8 cm³/mol. The smallest absolute Gasteiger partial charge is 0.123 e. The van der Waals surface area contributed by atoms with Gasteiger partial charge in [0, 0.05) is 6.04 Å². The molecule has 1 nitrogen and oxygen atoms in total. The molecular weight excluding hydrogens is 237 g/mol. The van der Waals surface area contributed by atoms with Gasteiger partial charge in [0.2, 0.25) is 0 Å². The van der Waals surface area contributed by atoms with Crippen LogP contribution < -0.4 is 5.32 Å². The van der Waals surface area contributed by atoms with Crippen LogP contribution in [0.5, 0.6) is 0 Å². The van der Waals surface area contributed by atoms with Crippen LogP contribution in [-0.2, 0) is 6.42 Å². The van der Waals surface area contributed by atoms with Gasteiger partial charge in [0.15, 0.2) is 0 Å². The van der Waals surface area contributed by atoms with Gasteiger partial charge in [-0.25, -0.2) is 4.39 Å². The highest BCUT2D eigenvalue weighted by atomic mass is 19.1. The molecule has 0 spiro atoms. The summed E-state index contributed by atoms with van der Waals surface area (Å²) >= 11 is 0. The largest absolute Gasteiger partial charge is 0.314 e. The zero-order valence-corrected chi connectivity index (χ0v) is 12.0. The van der Waals surface area contributed by atoms with Gasteiger partial charge in [0.1, 0.15) is 5.82 Å². The molecule has 0 saturated heterocycles. The van der Waals surface area contributed by atoms with Crippen LogP contribution in [0.4, 0.5) is 4.39 Å². The maximum Gasteiger partial charge on any atom is 0.123 e. The van der Waals surface area contributed by atoms with E-state index in [1.165, 1.54) is 38.2 Å². The first-order valence-corrected chi connectivity index (χ1v) is 7.77. The van der Waals surface area contributed by atoms with Crippen molar-refractivity contribution in [1.82, 2.24) is 5.32 Å². The van der Waals surface area contributed by atoms with Crippen molar-refractivity contribution in [2.24, 2.45) is 5.92 Å². The van der Waals surface area contributed by atoms with Crippen LogP contribution in [0.15, 0.2) is 24.3 Å². The van der Waals surface area contributed by atoms with E-state index in [1.807, 2.05) is 12.1 Å². The lowest BCUT2D eigenvalue weighted by Crippen LogP contribution is -2.36. The molecule has 1 aliphatic rings. The summed E-state index contributed by atoms with van der Waals surface area (Å²) < 4.78 is 13.2. The first-order chi connectivity index (χ1) is 9.29. The topological polar surface area (TPSA) is 12.0 Å². The quantitative estimate of drug-likeness (QED) is 0.772. The Labute approximate surface area is 116 Å². The normalized spacial score (nSPS) is 17.8.